The van der Waals surface area contributed by atoms with Crippen LogP contribution in [-0.4, -0.2) is 27.1 Å². The first kappa shape index (κ1) is 19.2. The van der Waals surface area contributed by atoms with Crippen LogP contribution in [0.15, 0.2) is 0 Å². The molecule has 3 heteroatoms. The maximum absolute atomic E-state index is 6.33. The topological polar surface area (TPSA) is 18.5 Å². The van der Waals surface area contributed by atoms with Crippen LogP contribution in [0.25, 0.3) is 0 Å². The van der Waals surface area contributed by atoms with E-state index in [1.165, 1.54) is 43.8 Å². The molecule has 21 heavy (non-hydrogen) atoms. The lowest BCUT2D eigenvalue weighted by Crippen LogP contribution is -2.55. The van der Waals surface area contributed by atoms with Gasteiger partial charge in [-0.3, -0.25) is 0 Å². The monoisotopic (exact) mass is 314 g/mol. The van der Waals surface area contributed by atoms with Gasteiger partial charge in [-0.25, -0.2) is 0 Å². The van der Waals surface area contributed by atoms with Crippen LogP contribution in [0.5, 0.6) is 0 Å². The third-order valence-corrected chi connectivity index (χ3v) is 12.2. The highest BCUT2D eigenvalue weighted by Crippen LogP contribution is 2.49. The molecule has 0 amide bonds. The summed E-state index contributed by atoms with van der Waals surface area (Å²) in [6.07, 6.45) is 7.26. The van der Waals surface area contributed by atoms with Crippen molar-refractivity contribution in [2.24, 2.45) is 0 Å². The number of hydrogen-bond acceptors (Lipinski definition) is 2. The van der Waals surface area contributed by atoms with Gasteiger partial charge in [0.2, 0.25) is 0 Å². The van der Waals surface area contributed by atoms with Crippen molar-refractivity contribution < 1.29 is 9.47 Å². The van der Waals surface area contributed by atoms with E-state index in [9.17, 15) is 0 Å². The van der Waals surface area contributed by atoms with Gasteiger partial charge in [0, 0.05) is 5.54 Å². The Morgan fingerprint density at radius 2 is 1.33 bits per heavy atom. The molecule has 1 unspecified atom stereocenters. The first-order valence-electron chi connectivity index (χ1n) is 9.42. The second-order valence-electron chi connectivity index (χ2n) is 6.79. The van der Waals surface area contributed by atoms with Crippen molar-refractivity contribution in [3.05, 3.63) is 0 Å². The number of ether oxygens (including phenoxy) is 2. The van der Waals surface area contributed by atoms with Crippen LogP contribution >= 0.6 is 0 Å². The molecule has 0 aromatic carbocycles. The molecule has 0 N–H and O–H groups in total. The first-order chi connectivity index (χ1) is 10.1. The summed E-state index contributed by atoms with van der Waals surface area (Å²) in [6, 6.07) is 4.34. The van der Waals surface area contributed by atoms with E-state index in [4.69, 9.17) is 9.47 Å². The Morgan fingerprint density at radius 1 is 0.857 bits per heavy atom. The Hall–Kier alpha value is 0.137. The average Bonchev–Trinajstić information content (AvgIpc) is 2.49. The number of rotatable bonds is 10. The van der Waals surface area contributed by atoms with Gasteiger partial charge in [-0.15, -0.1) is 0 Å². The number of hydrogen-bond donors (Lipinski definition) is 0. The van der Waals surface area contributed by atoms with Crippen molar-refractivity contribution in [1.82, 2.24) is 0 Å². The molecular weight excluding hydrogens is 276 g/mol. The van der Waals surface area contributed by atoms with E-state index in [2.05, 4.69) is 34.6 Å². The van der Waals surface area contributed by atoms with Crippen molar-refractivity contribution >= 4 is 8.07 Å². The predicted molar refractivity (Wildman–Crippen MR) is 94.6 cm³/mol. The highest BCUT2D eigenvalue weighted by atomic mass is 28.3. The van der Waals surface area contributed by atoms with Crippen molar-refractivity contribution in [3.63, 3.8) is 0 Å². The fourth-order valence-electron chi connectivity index (χ4n) is 4.84. The molecule has 1 aliphatic heterocycles. The lowest BCUT2D eigenvalue weighted by molar-refractivity contribution is -0.272. The summed E-state index contributed by atoms with van der Waals surface area (Å²) >= 11 is 0. The second-order valence-corrected chi connectivity index (χ2v) is 11.7. The van der Waals surface area contributed by atoms with Crippen LogP contribution in [0.4, 0.5) is 0 Å². The van der Waals surface area contributed by atoms with Crippen LogP contribution in [0.3, 0.4) is 0 Å². The van der Waals surface area contributed by atoms with Gasteiger partial charge in [0.15, 0.2) is 5.79 Å². The summed E-state index contributed by atoms with van der Waals surface area (Å²) in [4.78, 5) is 0. The molecule has 1 rings (SSSR count). The van der Waals surface area contributed by atoms with E-state index in [1.807, 2.05) is 0 Å². The van der Waals surface area contributed by atoms with Crippen molar-refractivity contribution in [1.29, 1.82) is 0 Å². The van der Waals surface area contributed by atoms with Gasteiger partial charge >= 0.3 is 0 Å². The summed E-state index contributed by atoms with van der Waals surface area (Å²) < 4.78 is 12.7. The van der Waals surface area contributed by atoms with Gasteiger partial charge in [0.05, 0.1) is 21.3 Å². The predicted octanol–water partition coefficient (Wildman–Crippen LogP) is 5.99. The molecule has 1 aliphatic rings. The van der Waals surface area contributed by atoms with E-state index >= 15 is 0 Å². The summed E-state index contributed by atoms with van der Waals surface area (Å²) in [6.45, 7) is 13.5. The van der Waals surface area contributed by atoms with E-state index in [0.29, 0.717) is 5.54 Å². The zero-order valence-corrected chi connectivity index (χ0v) is 16.2. The average molecular weight is 315 g/mol. The zero-order chi connectivity index (χ0) is 15.8. The zero-order valence-electron chi connectivity index (χ0n) is 15.2. The van der Waals surface area contributed by atoms with Gasteiger partial charge in [0.1, 0.15) is 0 Å². The van der Waals surface area contributed by atoms with Gasteiger partial charge in [0.25, 0.3) is 0 Å². The van der Waals surface area contributed by atoms with E-state index in [1.54, 1.807) is 0 Å². The van der Waals surface area contributed by atoms with E-state index < -0.39 is 8.07 Å². The first-order valence-corrected chi connectivity index (χ1v) is 12.1. The molecule has 0 bridgehead atoms. The minimum absolute atomic E-state index is 0.265. The largest absolute Gasteiger partial charge is 0.350 e. The van der Waals surface area contributed by atoms with E-state index in [-0.39, 0.29) is 5.79 Å². The molecule has 1 fully saturated rings. The van der Waals surface area contributed by atoms with Crippen LogP contribution in [-0.2, 0) is 9.47 Å². The Labute approximate surface area is 134 Å². The Balaban J connectivity index is 3.13. The fraction of sp³-hybridized carbons (Fsp3) is 1.00. The standard InChI is InChI=1S/C18H38O2Si/c1-6-14-21(15-7-2,16-8-3)17(9-4)18(10-5)19-12-11-13-20-18/h17H,6-16H2,1-5H3. The van der Waals surface area contributed by atoms with Crippen molar-refractivity contribution in [2.45, 2.75) is 103 Å². The second kappa shape index (κ2) is 9.31. The van der Waals surface area contributed by atoms with Gasteiger partial charge in [-0.1, -0.05) is 78.4 Å². The van der Waals surface area contributed by atoms with Gasteiger partial charge < -0.3 is 9.47 Å². The molecule has 1 atom stereocenters. The minimum atomic E-state index is -1.36. The molecule has 0 aromatic heterocycles. The van der Waals surface area contributed by atoms with E-state index in [0.717, 1.165) is 26.1 Å². The Bertz CT molecular complexity index is 257. The van der Waals surface area contributed by atoms with Gasteiger partial charge in [-0.2, -0.15) is 0 Å². The smallest absolute Gasteiger partial charge is 0.168 e. The molecule has 0 radical (unpaired) electrons. The summed E-state index contributed by atoms with van der Waals surface area (Å²) in [7, 11) is -1.36. The van der Waals surface area contributed by atoms with Crippen LogP contribution in [0.2, 0.25) is 23.7 Å². The summed E-state index contributed by atoms with van der Waals surface area (Å²) in [5.41, 5.74) is 0.662. The molecule has 0 aromatic rings. The highest BCUT2D eigenvalue weighted by Gasteiger charge is 2.51. The lowest BCUT2D eigenvalue weighted by Gasteiger charge is -2.51. The molecule has 1 saturated heterocycles. The summed E-state index contributed by atoms with van der Waals surface area (Å²) in [5.74, 6) is -0.265. The van der Waals surface area contributed by atoms with Crippen molar-refractivity contribution in [3.8, 4) is 0 Å². The maximum atomic E-state index is 6.33. The van der Waals surface area contributed by atoms with Crippen LogP contribution in [0.1, 0.15) is 73.1 Å². The Morgan fingerprint density at radius 3 is 1.67 bits per heavy atom. The normalized spacial score (nSPS) is 20.4. The molecular formula is C18H38O2Si. The fourth-order valence-corrected chi connectivity index (χ4v) is 11.8. The molecule has 0 spiro atoms. The van der Waals surface area contributed by atoms with Crippen LogP contribution in [0, 0.1) is 0 Å². The quantitative estimate of drug-likeness (QED) is 0.461. The molecule has 126 valence electrons. The summed E-state index contributed by atoms with van der Waals surface area (Å²) in [5, 5.41) is 0. The molecule has 0 aliphatic carbocycles. The molecule has 0 saturated carbocycles. The molecule has 2 nitrogen and oxygen atoms in total. The van der Waals surface area contributed by atoms with Crippen LogP contribution < -0.4 is 0 Å². The molecule has 1 heterocycles. The third kappa shape index (κ3) is 4.32. The lowest BCUT2D eigenvalue weighted by atomic mass is 10.1. The maximum Gasteiger partial charge on any atom is 0.168 e. The van der Waals surface area contributed by atoms with Gasteiger partial charge in [-0.05, 0) is 12.8 Å². The third-order valence-electron chi connectivity index (χ3n) is 5.40. The Kier molecular flexibility index (Phi) is 8.51. The SMILES string of the molecule is CCC[Si](CCC)(CCC)C(CC)C1(CC)OCCCO1. The van der Waals surface area contributed by atoms with Crippen molar-refractivity contribution in [2.75, 3.05) is 13.2 Å². The highest BCUT2D eigenvalue weighted by molar-refractivity contribution is 6.81. The minimum Gasteiger partial charge on any atom is -0.350 e.